The molecule has 27 heavy (non-hydrogen) atoms. The van der Waals surface area contributed by atoms with E-state index in [-0.39, 0.29) is 11.5 Å². The van der Waals surface area contributed by atoms with E-state index in [0.29, 0.717) is 22.9 Å². The fraction of sp³-hybridized carbons (Fsp3) is 0.211. The van der Waals surface area contributed by atoms with Gasteiger partial charge in [0.05, 0.1) is 29.8 Å². The molecule has 140 valence electrons. The smallest absolute Gasteiger partial charge is 0.338 e. The van der Waals surface area contributed by atoms with Crippen molar-refractivity contribution in [3.8, 4) is 5.75 Å². The van der Waals surface area contributed by atoms with Crippen LogP contribution in [0.4, 0.5) is 11.4 Å². The molecular formula is C19H18N2O5S. The lowest BCUT2D eigenvalue weighted by Gasteiger charge is -2.16. The van der Waals surface area contributed by atoms with Crippen molar-refractivity contribution < 1.29 is 23.9 Å². The van der Waals surface area contributed by atoms with Gasteiger partial charge in [-0.2, -0.15) is 0 Å². The molecule has 2 aromatic rings. The number of thioether (sulfide) groups is 1. The zero-order valence-electron chi connectivity index (χ0n) is 14.8. The van der Waals surface area contributed by atoms with Gasteiger partial charge in [-0.15, -0.1) is 11.8 Å². The van der Waals surface area contributed by atoms with Crippen LogP contribution in [0.25, 0.3) is 0 Å². The summed E-state index contributed by atoms with van der Waals surface area (Å²) in [6.45, 7) is 1.45. The zero-order valence-corrected chi connectivity index (χ0v) is 15.6. The molecule has 7 nitrogen and oxygen atoms in total. The highest BCUT2D eigenvalue weighted by atomic mass is 32.2. The van der Waals surface area contributed by atoms with Gasteiger partial charge in [0, 0.05) is 4.90 Å². The molecule has 1 aliphatic heterocycles. The number of amides is 2. The second kappa shape index (κ2) is 8.13. The average molecular weight is 386 g/mol. The quantitative estimate of drug-likeness (QED) is 0.768. The zero-order chi connectivity index (χ0) is 19.4. The third-order valence-corrected chi connectivity index (χ3v) is 4.89. The van der Waals surface area contributed by atoms with Crippen LogP contribution < -0.4 is 15.4 Å². The minimum Gasteiger partial charge on any atom is -0.495 e. The summed E-state index contributed by atoms with van der Waals surface area (Å²) < 4.78 is 10.3. The van der Waals surface area contributed by atoms with Gasteiger partial charge in [0.1, 0.15) is 5.75 Å². The number of benzene rings is 2. The van der Waals surface area contributed by atoms with Gasteiger partial charge in [0.2, 0.25) is 5.91 Å². The van der Waals surface area contributed by atoms with Gasteiger partial charge in [-0.25, -0.2) is 4.79 Å². The van der Waals surface area contributed by atoms with Crippen molar-refractivity contribution in [2.45, 2.75) is 11.8 Å². The Hall–Kier alpha value is -3.00. The Kier molecular flexibility index (Phi) is 5.66. The second-order valence-corrected chi connectivity index (χ2v) is 6.89. The summed E-state index contributed by atoms with van der Waals surface area (Å²) in [6.07, 6.45) is 0. The topological polar surface area (TPSA) is 93.7 Å². The van der Waals surface area contributed by atoms with Gasteiger partial charge in [-0.1, -0.05) is 6.07 Å². The Labute approximate surface area is 160 Å². The average Bonchev–Trinajstić information content (AvgIpc) is 2.65. The van der Waals surface area contributed by atoms with Gasteiger partial charge in [-0.3, -0.25) is 9.59 Å². The van der Waals surface area contributed by atoms with Gasteiger partial charge >= 0.3 is 5.97 Å². The Morgan fingerprint density at radius 2 is 2.04 bits per heavy atom. The molecule has 0 radical (unpaired) electrons. The normalized spacial score (nSPS) is 12.6. The molecule has 0 bridgehead atoms. The number of esters is 1. The number of hydrogen-bond donors (Lipinski definition) is 2. The molecule has 1 aliphatic rings. The van der Waals surface area contributed by atoms with E-state index in [1.165, 1.54) is 18.9 Å². The van der Waals surface area contributed by atoms with E-state index >= 15 is 0 Å². The van der Waals surface area contributed by atoms with Gasteiger partial charge in [0.15, 0.2) is 6.61 Å². The molecule has 8 heteroatoms. The summed E-state index contributed by atoms with van der Waals surface area (Å²) in [5.74, 6) is -0.380. The summed E-state index contributed by atoms with van der Waals surface area (Å²) in [4.78, 5) is 36.6. The predicted molar refractivity (Wildman–Crippen MR) is 102 cm³/mol. The van der Waals surface area contributed by atoms with Crippen LogP contribution in [0.5, 0.6) is 5.75 Å². The molecule has 0 aliphatic carbocycles. The van der Waals surface area contributed by atoms with Gasteiger partial charge in [-0.05, 0) is 42.8 Å². The first-order valence-electron chi connectivity index (χ1n) is 8.14. The number of carbonyl (C=O) groups excluding carboxylic acids is 3. The van der Waals surface area contributed by atoms with Crippen LogP contribution in [0, 0.1) is 6.92 Å². The number of ether oxygens (including phenoxy) is 2. The minimum atomic E-state index is -0.644. The molecule has 2 aromatic carbocycles. The van der Waals surface area contributed by atoms with Crippen molar-refractivity contribution in [1.29, 1.82) is 0 Å². The predicted octanol–water partition coefficient (Wildman–Crippen LogP) is 2.84. The molecule has 2 N–H and O–H groups in total. The molecule has 0 fully saturated rings. The molecule has 0 spiro atoms. The molecule has 0 aromatic heterocycles. The first kappa shape index (κ1) is 18.8. The summed E-state index contributed by atoms with van der Waals surface area (Å²) in [5.41, 5.74) is 2.29. The Morgan fingerprint density at radius 1 is 1.22 bits per heavy atom. The number of hydrogen-bond acceptors (Lipinski definition) is 6. The number of rotatable bonds is 5. The standard InChI is InChI=1S/C19H18N2O5S/c1-11-3-5-15(25-2)13(7-11)20-17(22)9-26-19(24)12-4-6-16-14(8-12)21-18(23)10-27-16/h3-8H,9-10H2,1-2H3,(H,20,22)(H,21,23). The monoisotopic (exact) mass is 386 g/mol. The lowest BCUT2D eigenvalue weighted by molar-refractivity contribution is -0.119. The maximum absolute atomic E-state index is 12.2. The highest BCUT2D eigenvalue weighted by molar-refractivity contribution is 8.00. The molecule has 1 heterocycles. The molecule has 0 saturated heterocycles. The van der Waals surface area contributed by atoms with E-state index in [4.69, 9.17) is 9.47 Å². The van der Waals surface area contributed by atoms with Crippen LogP contribution in [-0.2, 0) is 14.3 Å². The number of aryl methyl sites for hydroxylation is 1. The SMILES string of the molecule is COc1ccc(C)cc1NC(=O)COC(=O)c1ccc2c(c1)NC(=O)CS2. The number of nitrogens with one attached hydrogen (secondary N) is 2. The van der Waals surface area contributed by atoms with Gasteiger partial charge in [0.25, 0.3) is 5.91 Å². The summed E-state index contributed by atoms with van der Waals surface area (Å²) in [7, 11) is 1.51. The number of methoxy groups -OCH3 is 1. The molecule has 0 unspecified atom stereocenters. The van der Waals surface area contributed by atoms with E-state index in [9.17, 15) is 14.4 Å². The minimum absolute atomic E-state index is 0.121. The lowest BCUT2D eigenvalue weighted by atomic mass is 10.2. The second-order valence-electron chi connectivity index (χ2n) is 5.88. The number of anilines is 2. The maximum Gasteiger partial charge on any atom is 0.338 e. The maximum atomic E-state index is 12.2. The van der Waals surface area contributed by atoms with Crippen molar-refractivity contribution in [1.82, 2.24) is 0 Å². The number of fused-ring (bicyclic) bond motifs is 1. The van der Waals surface area contributed by atoms with Crippen LogP contribution >= 0.6 is 11.8 Å². The third kappa shape index (κ3) is 4.59. The third-order valence-electron chi connectivity index (χ3n) is 3.81. The van der Waals surface area contributed by atoms with Crippen LogP contribution in [0.1, 0.15) is 15.9 Å². The molecule has 2 amide bonds. The molecular weight excluding hydrogens is 368 g/mol. The van der Waals surface area contributed by atoms with E-state index in [1.807, 2.05) is 13.0 Å². The first-order chi connectivity index (χ1) is 13.0. The van der Waals surface area contributed by atoms with E-state index in [0.717, 1.165) is 10.5 Å². The van der Waals surface area contributed by atoms with Crippen molar-refractivity contribution in [2.24, 2.45) is 0 Å². The van der Waals surface area contributed by atoms with E-state index < -0.39 is 18.5 Å². The molecule has 0 atom stereocenters. The summed E-state index contributed by atoms with van der Waals surface area (Å²) in [6, 6.07) is 10.3. The van der Waals surface area contributed by atoms with E-state index in [2.05, 4.69) is 10.6 Å². The van der Waals surface area contributed by atoms with Crippen molar-refractivity contribution >= 4 is 40.9 Å². The molecule has 0 saturated carbocycles. The first-order valence-corrected chi connectivity index (χ1v) is 9.13. The fourth-order valence-electron chi connectivity index (χ4n) is 2.53. The van der Waals surface area contributed by atoms with Crippen LogP contribution in [0.2, 0.25) is 0 Å². The largest absolute Gasteiger partial charge is 0.495 e. The lowest BCUT2D eigenvalue weighted by Crippen LogP contribution is -2.22. The Morgan fingerprint density at radius 3 is 2.81 bits per heavy atom. The highest BCUT2D eigenvalue weighted by Gasteiger charge is 2.18. The Bertz CT molecular complexity index is 913. The van der Waals surface area contributed by atoms with Crippen molar-refractivity contribution in [3.05, 3.63) is 47.5 Å². The van der Waals surface area contributed by atoms with E-state index in [1.54, 1.807) is 30.3 Å². The van der Waals surface area contributed by atoms with Crippen LogP contribution in [0.15, 0.2) is 41.3 Å². The fourth-order valence-corrected chi connectivity index (χ4v) is 3.32. The Balaban J connectivity index is 1.61. The molecule has 3 rings (SSSR count). The van der Waals surface area contributed by atoms with Gasteiger partial charge < -0.3 is 20.1 Å². The van der Waals surface area contributed by atoms with Crippen molar-refractivity contribution in [2.75, 3.05) is 30.1 Å². The van der Waals surface area contributed by atoms with Crippen LogP contribution in [-0.4, -0.2) is 37.3 Å². The number of carbonyl (C=O) groups is 3. The van der Waals surface area contributed by atoms with Crippen molar-refractivity contribution in [3.63, 3.8) is 0 Å². The van der Waals surface area contributed by atoms with Crippen LogP contribution in [0.3, 0.4) is 0 Å². The highest BCUT2D eigenvalue weighted by Crippen LogP contribution is 2.32. The summed E-state index contributed by atoms with van der Waals surface area (Å²) >= 11 is 1.40. The summed E-state index contributed by atoms with van der Waals surface area (Å²) in [5, 5.41) is 5.37.